The van der Waals surface area contributed by atoms with E-state index in [1.807, 2.05) is 19.9 Å². The molecule has 5 heteroatoms. The normalized spacial score (nSPS) is 12.0. The molecule has 0 heterocycles. The van der Waals surface area contributed by atoms with E-state index >= 15 is 0 Å². The molecule has 0 atom stereocenters. The summed E-state index contributed by atoms with van der Waals surface area (Å²) in [5.41, 5.74) is 1.07. The summed E-state index contributed by atoms with van der Waals surface area (Å²) in [6, 6.07) is 5.79. The lowest BCUT2D eigenvalue weighted by Gasteiger charge is -2.22. The van der Waals surface area contributed by atoms with E-state index in [-0.39, 0.29) is 0 Å². The fraction of sp³-hybridized carbons (Fsp3) is 0.652. The average molecular weight is 393 g/mol. The second kappa shape index (κ2) is 11.1. The molecule has 0 bridgehead atoms. The van der Waals surface area contributed by atoms with Gasteiger partial charge in [0.25, 0.3) is 6.47 Å². The van der Waals surface area contributed by atoms with E-state index in [2.05, 4.69) is 6.07 Å². The Labute approximate surface area is 169 Å². The summed E-state index contributed by atoms with van der Waals surface area (Å²) in [6.45, 7) is 7.86. The van der Waals surface area contributed by atoms with Gasteiger partial charge in [-0.2, -0.15) is 0 Å². The van der Waals surface area contributed by atoms with Gasteiger partial charge in [-0.3, -0.25) is 9.59 Å². The monoisotopic (exact) mass is 392 g/mol. The van der Waals surface area contributed by atoms with Gasteiger partial charge in [0.2, 0.25) is 0 Å². The third-order valence-corrected chi connectivity index (χ3v) is 5.33. The maximum absolute atomic E-state index is 11.1. The SMILES string of the molecule is CC(C)(CCCCc1ccc(O)c(CCCCCC(C)(C)C(=O)O)c1)OC=O. The van der Waals surface area contributed by atoms with Crippen molar-refractivity contribution >= 4 is 12.4 Å². The number of hydrogen-bond donors (Lipinski definition) is 2. The van der Waals surface area contributed by atoms with Gasteiger partial charge in [-0.15, -0.1) is 0 Å². The molecule has 0 aliphatic carbocycles. The molecule has 2 N–H and O–H groups in total. The molecule has 0 fully saturated rings. The van der Waals surface area contributed by atoms with Crippen LogP contribution < -0.4 is 0 Å². The second-order valence-corrected chi connectivity index (χ2v) is 8.89. The predicted molar refractivity (Wildman–Crippen MR) is 110 cm³/mol. The Hall–Kier alpha value is -2.04. The van der Waals surface area contributed by atoms with E-state index in [1.54, 1.807) is 19.9 Å². The molecule has 0 aromatic heterocycles. The lowest BCUT2D eigenvalue weighted by atomic mass is 9.87. The molecule has 28 heavy (non-hydrogen) atoms. The zero-order chi connectivity index (χ0) is 21.2. The highest BCUT2D eigenvalue weighted by Gasteiger charge is 2.25. The molecular weight excluding hydrogens is 356 g/mol. The van der Waals surface area contributed by atoms with Gasteiger partial charge in [0.05, 0.1) is 5.41 Å². The summed E-state index contributed by atoms with van der Waals surface area (Å²) < 4.78 is 5.07. The number of carboxylic acids is 1. The first-order valence-corrected chi connectivity index (χ1v) is 10.2. The second-order valence-electron chi connectivity index (χ2n) is 8.89. The van der Waals surface area contributed by atoms with Crippen LogP contribution in [0.15, 0.2) is 18.2 Å². The van der Waals surface area contributed by atoms with Gasteiger partial charge in [-0.05, 0) is 89.8 Å². The quantitative estimate of drug-likeness (QED) is 0.333. The van der Waals surface area contributed by atoms with Crippen LogP contribution in [-0.4, -0.2) is 28.3 Å². The minimum absolute atomic E-state index is 0.329. The van der Waals surface area contributed by atoms with Gasteiger partial charge in [0.15, 0.2) is 0 Å². The Bertz CT molecular complexity index is 634. The summed E-state index contributed by atoms with van der Waals surface area (Å²) in [4.78, 5) is 21.6. The van der Waals surface area contributed by atoms with Crippen molar-refractivity contribution in [1.29, 1.82) is 0 Å². The fourth-order valence-corrected chi connectivity index (χ4v) is 3.23. The van der Waals surface area contributed by atoms with Gasteiger partial charge < -0.3 is 14.9 Å². The summed E-state index contributed by atoms with van der Waals surface area (Å²) in [5, 5.41) is 19.3. The van der Waals surface area contributed by atoms with Crippen LogP contribution in [0.1, 0.15) is 83.8 Å². The number of aliphatic carboxylic acids is 1. The molecule has 0 radical (unpaired) electrons. The Morgan fingerprint density at radius 3 is 2.29 bits per heavy atom. The number of unbranched alkanes of at least 4 members (excludes halogenated alkanes) is 3. The summed E-state index contributed by atoms with van der Waals surface area (Å²) in [6.07, 6.45) is 7.94. The molecule has 0 amide bonds. The highest BCUT2D eigenvalue weighted by atomic mass is 16.5. The van der Waals surface area contributed by atoms with E-state index < -0.39 is 17.0 Å². The molecule has 0 aliphatic heterocycles. The van der Waals surface area contributed by atoms with Crippen molar-refractivity contribution in [2.45, 2.75) is 91.1 Å². The molecule has 0 spiro atoms. The predicted octanol–water partition coefficient (Wildman–Crippen LogP) is 5.27. The molecule has 0 saturated heterocycles. The van der Waals surface area contributed by atoms with Gasteiger partial charge in [-0.1, -0.05) is 25.0 Å². The molecule has 158 valence electrons. The Morgan fingerprint density at radius 1 is 1.00 bits per heavy atom. The highest BCUT2D eigenvalue weighted by molar-refractivity contribution is 5.73. The number of phenols is 1. The maximum Gasteiger partial charge on any atom is 0.309 e. The zero-order valence-corrected chi connectivity index (χ0v) is 17.8. The van der Waals surface area contributed by atoms with Crippen molar-refractivity contribution < 1.29 is 24.5 Å². The van der Waals surface area contributed by atoms with Crippen LogP contribution in [-0.2, 0) is 27.2 Å². The Kier molecular flexibility index (Phi) is 9.50. The van der Waals surface area contributed by atoms with Gasteiger partial charge >= 0.3 is 5.97 Å². The number of rotatable bonds is 14. The molecule has 1 aromatic carbocycles. The molecule has 5 nitrogen and oxygen atoms in total. The number of phenolic OH excluding ortho intramolecular Hbond substituents is 1. The topological polar surface area (TPSA) is 83.8 Å². The first kappa shape index (κ1) is 24.0. The van der Waals surface area contributed by atoms with Crippen LogP contribution in [0.2, 0.25) is 0 Å². The zero-order valence-electron chi connectivity index (χ0n) is 17.8. The number of hydrogen-bond acceptors (Lipinski definition) is 4. The van der Waals surface area contributed by atoms with Crippen LogP contribution in [0.25, 0.3) is 0 Å². The van der Waals surface area contributed by atoms with Gasteiger partial charge in [-0.25, -0.2) is 0 Å². The molecule has 0 unspecified atom stereocenters. The maximum atomic E-state index is 11.1. The highest BCUT2D eigenvalue weighted by Crippen LogP contribution is 2.26. The number of ether oxygens (including phenoxy) is 1. The minimum Gasteiger partial charge on any atom is -0.508 e. The largest absolute Gasteiger partial charge is 0.508 e. The fourth-order valence-electron chi connectivity index (χ4n) is 3.23. The summed E-state index contributed by atoms with van der Waals surface area (Å²) >= 11 is 0. The van der Waals surface area contributed by atoms with Crippen LogP contribution >= 0.6 is 0 Å². The Morgan fingerprint density at radius 2 is 1.64 bits per heavy atom. The van der Waals surface area contributed by atoms with Crippen molar-refractivity contribution in [3.8, 4) is 5.75 Å². The first-order chi connectivity index (χ1) is 13.1. The van der Waals surface area contributed by atoms with E-state index in [0.29, 0.717) is 18.6 Å². The van der Waals surface area contributed by atoms with Crippen LogP contribution in [0.3, 0.4) is 0 Å². The number of aryl methyl sites for hydroxylation is 2. The first-order valence-electron chi connectivity index (χ1n) is 10.2. The lowest BCUT2D eigenvalue weighted by Crippen LogP contribution is -2.23. The van der Waals surface area contributed by atoms with Gasteiger partial charge in [0, 0.05) is 0 Å². The number of benzene rings is 1. The Balaban J connectivity index is 2.40. The van der Waals surface area contributed by atoms with Crippen LogP contribution in [0.5, 0.6) is 5.75 Å². The number of carbonyl (C=O) groups is 2. The van der Waals surface area contributed by atoms with Crippen LogP contribution in [0, 0.1) is 5.41 Å². The van der Waals surface area contributed by atoms with Crippen molar-refractivity contribution in [1.82, 2.24) is 0 Å². The molecular formula is C23H36O5. The number of carboxylic acid groups (broad SMARTS) is 1. The number of aromatic hydroxyl groups is 1. The summed E-state index contributed by atoms with van der Waals surface area (Å²) in [7, 11) is 0. The summed E-state index contributed by atoms with van der Waals surface area (Å²) in [5.74, 6) is -0.422. The van der Waals surface area contributed by atoms with Crippen LogP contribution in [0.4, 0.5) is 0 Å². The average Bonchev–Trinajstić information content (AvgIpc) is 2.60. The van der Waals surface area contributed by atoms with E-state index in [1.165, 1.54) is 5.56 Å². The standard InChI is InChI=1S/C23H36O5/c1-22(2,21(26)27)14-8-5-6-11-19-16-18(12-13-20(19)25)10-7-9-15-23(3,4)28-17-24/h12-13,16-17,25H,5-11,14-15H2,1-4H3,(H,26,27). The van der Waals surface area contributed by atoms with E-state index in [0.717, 1.165) is 56.9 Å². The third kappa shape index (κ3) is 8.77. The molecule has 1 rings (SSSR count). The number of carbonyl (C=O) groups excluding carboxylic acids is 1. The smallest absolute Gasteiger partial charge is 0.309 e. The molecule has 1 aromatic rings. The minimum atomic E-state index is -0.751. The van der Waals surface area contributed by atoms with Crippen molar-refractivity contribution in [3.05, 3.63) is 29.3 Å². The third-order valence-electron chi connectivity index (χ3n) is 5.33. The van der Waals surface area contributed by atoms with E-state index in [9.17, 15) is 14.7 Å². The van der Waals surface area contributed by atoms with Gasteiger partial charge in [0.1, 0.15) is 11.4 Å². The van der Waals surface area contributed by atoms with Crippen molar-refractivity contribution in [2.75, 3.05) is 0 Å². The van der Waals surface area contributed by atoms with Crippen molar-refractivity contribution in [2.24, 2.45) is 5.41 Å². The van der Waals surface area contributed by atoms with Crippen molar-refractivity contribution in [3.63, 3.8) is 0 Å². The molecule has 0 saturated carbocycles. The van der Waals surface area contributed by atoms with E-state index in [4.69, 9.17) is 9.84 Å². The molecule has 0 aliphatic rings. The lowest BCUT2D eigenvalue weighted by molar-refractivity contribution is -0.147.